The summed E-state index contributed by atoms with van der Waals surface area (Å²) in [5.74, 6) is 0.188. The van der Waals surface area contributed by atoms with Crippen LogP contribution >= 0.6 is 0 Å². The molecule has 4 nitrogen and oxygen atoms in total. The van der Waals surface area contributed by atoms with Gasteiger partial charge in [-0.25, -0.2) is 0 Å². The number of anilines is 2. The number of amides is 1. The molecule has 1 atom stereocenters. The first-order valence-electron chi connectivity index (χ1n) is 9.82. The lowest BCUT2D eigenvalue weighted by Crippen LogP contribution is -2.22. The third kappa shape index (κ3) is 5.22. The van der Waals surface area contributed by atoms with Crippen LogP contribution in [0, 0.1) is 0 Å². The predicted molar refractivity (Wildman–Crippen MR) is 108 cm³/mol. The average molecular weight is 406 g/mol. The van der Waals surface area contributed by atoms with Crippen molar-refractivity contribution in [2.24, 2.45) is 0 Å². The SMILES string of the molecule is CCC(C)Oc1ccc(C(=O)Nc2cc(C(F)(F)F)ccc2N2CCCC2)cc1. The van der Waals surface area contributed by atoms with E-state index in [1.54, 1.807) is 24.3 Å². The summed E-state index contributed by atoms with van der Waals surface area (Å²) in [7, 11) is 0. The van der Waals surface area contributed by atoms with Crippen molar-refractivity contribution in [3.05, 3.63) is 53.6 Å². The minimum atomic E-state index is -4.47. The van der Waals surface area contributed by atoms with Gasteiger partial charge in [-0.3, -0.25) is 4.79 Å². The minimum Gasteiger partial charge on any atom is -0.491 e. The first-order valence-corrected chi connectivity index (χ1v) is 9.82. The largest absolute Gasteiger partial charge is 0.491 e. The molecule has 1 saturated heterocycles. The molecule has 0 spiro atoms. The number of carbonyl (C=O) groups excluding carboxylic acids is 1. The van der Waals surface area contributed by atoms with Crippen molar-refractivity contribution in [1.82, 2.24) is 0 Å². The van der Waals surface area contributed by atoms with Gasteiger partial charge in [0.15, 0.2) is 0 Å². The predicted octanol–water partition coefficient (Wildman–Crippen LogP) is 5.74. The molecule has 1 heterocycles. The Morgan fingerprint density at radius 2 is 1.79 bits per heavy atom. The number of carbonyl (C=O) groups is 1. The lowest BCUT2D eigenvalue weighted by Gasteiger charge is -2.23. The number of benzene rings is 2. The number of hydrogen-bond acceptors (Lipinski definition) is 3. The van der Waals surface area contributed by atoms with Gasteiger partial charge in [-0.15, -0.1) is 0 Å². The summed E-state index contributed by atoms with van der Waals surface area (Å²) in [6.07, 6.45) is -1.60. The Balaban J connectivity index is 1.82. The van der Waals surface area contributed by atoms with Crippen LogP contribution in [0.1, 0.15) is 49.0 Å². The number of rotatable bonds is 6. The Morgan fingerprint density at radius 1 is 1.14 bits per heavy atom. The van der Waals surface area contributed by atoms with Gasteiger partial charge in [0.2, 0.25) is 0 Å². The molecule has 29 heavy (non-hydrogen) atoms. The highest BCUT2D eigenvalue weighted by molar-refractivity contribution is 6.06. The second-order valence-electron chi connectivity index (χ2n) is 7.24. The van der Waals surface area contributed by atoms with Crippen LogP contribution in [-0.2, 0) is 6.18 Å². The molecule has 0 aromatic heterocycles. The summed E-state index contributed by atoms with van der Waals surface area (Å²) in [6.45, 7) is 5.49. The fourth-order valence-electron chi connectivity index (χ4n) is 3.24. The van der Waals surface area contributed by atoms with E-state index in [9.17, 15) is 18.0 Å². The molecule has 2 aromatic rings. The van der Waals surface area contributed by atoms with Gasteiger partial charge >= 0.3 is 6.18 Å². The summed E-state index contributed by atoms with van der Waals surface area (Å²) in [4.78, 5) is 14.7. The number of ether oxygens (including phenoxy) is 1. The highest BCUT2D eigenvalue weighted by Gasteiger charge is 2.32. The van der Waals surface area contributed by atoms with Gasteiger partial charge in [0.1, 0.15) is 5.75 Å². The van der Waals surface area contributed by atoms with Crippen molar-refractivity contribution in [1.29, 1.82) is 0 Å². The van der Waals surface area contributed by atoms with Crippen molar-refractivity contribution in [3.63, 3.8) is 0 Å². The molecular formula is C22H25F3N2O2. The molecule has 1 unspecified atom stereocenters. The molecule has 0 saturated carbocycles. The fourth-order valence-corrected chi connectivity index (χ4v) is 3.24. The van der Waals surface area contributed by atoms with Crippen molar-refractivity contribution >= 4 is 17.3 Å². The second-order valence-corrected chi connectivity index (χ2v) is 7.24. The zero-order valence-electron chi connectivity index (χ0n) is 16.6. The van der Waals surface area contributed by atoms with E-state index in [2.05, 4.69) is 5.32 Å². The zero-order valence-corrected chi connectivity index (χ0v) is 16.6. The lowest BCUT2D eigenvalue weighted by atomic mass is 10.1. The van der Waals surface area contributed by atoms with Gasteiger partial charge in [-0.1, -0.05) is 6.92 Å². The maximum atomic E-state index is 13.2. The van der Waals surface area contributed by atoms with Crippen LogP contribution in [0.3, 0.4) is 0 Å². The molecule has 156 valence electrons. The number of halogens is 3. The molecule has 2 aromatic carbocycles. The molecule has 1 N–H and O–H groups in total. The van der Waals surface area contributed by atoms with E-state index in [1.165, 1.54) is 6.07 Å². The topological polar surface area (TPSA) is 41.6 Å². The minimum absolute atomic E-state index is 0.0582. The highest BCUT2D eigenvalue weighted by atomic mass is 19.4. The number of nitrogens with zero attached hydrogens (tertiary/aromatic N) is 1. The van der Waals surface area contributed by atoms with Gasteiger partial charge in [-0.05, 0) is 68.7 Å². The monoisotopic (exact) mass is 406 g/mol. The Hall–Kier alpha value is -2.70. The van der Waals surface area contributed by atoms with E-state index >= 15 is 0 Å². The van der Waals surface area contributed by atoms with Gasteiger partial charge in [0.25, 0.3) is 5.91 Å². The summed E-state index contributed by atoms with van der Waals surface area (Å²) in [6, 6.07) is 10.1. The highest BCUT2D eigenvalue weighted by Crippen LogP contribution is 2.36. The molecule has 0 bridgehead atoms. The van der Waals surface area contributed by atoms with E-state index in [-0.39, 0.29) is 11.8 Å². The van der Waals surface area contributed by atoms with Crippen LogP contribution in [0.25, 0.3) is 0 Å². The maximum absolute atomic E-state index is 13.2. The van der Waals surface area contributed by atoms with Gasteiger partial charge in [0, 0.05) is 18.7 Å². The van der Waals surface area contributed by atoms with E-state index in [1.807, 2.05) is 18.7 Å². The summed E-state index contributed by atoms with van der Waals surface area (Å²) >= 11 is 0. The van der Waals surface area contributed by atoms with Gasteiger partial charge in [0.05, 0.1) is 23.0 Å². The van der Waals surface area contributed by atoms with Crippen LogP contribution in [-0.4, -0.2) is 25.1 Å². The first-order chi connectivity index (χ1) is 13.8. The Morgan fingerprint density at radius 3 is 2.38 bits per heavy atom. The summed E-state index contributed by atoms with van der Waals surface area (Å²) in [5.41, 5.74) is 0.353. The van der Waals surface area contributed by atoms with Crippen molar-refractivity contribution in [3.8, 4) is 5.75 Å². The van der Waals surface area contributed by atoms with Crippen LogP contribution < -0.4 is 15.0 Å². The van der Waals surface area contributed by atoms with Crippen molar-refractivity contribution in [2.45, 2.75) is 45.4 Å². The second kappa shape index (κ2) is 8.76. The first kappa shape index (κ1) is 21.0. The molecule has 0 radical (unpaired) electrons. The van der Waals surface area contributed by atoms with E-state index in [0.717, 1.165) is 44.5 Å². The normalized spacial score (nSPS) is 15.3. The van der Waals surface area contributed by atoms with Gasteiger partial charge in [-0.2, -0.15) is 13.2 Å². The molecule has 7 heteroatoms. The number of hydrogen-bond donors (Lipinski definition) is 1. The Labute approximate surface area is 168 Å². The van der Waals surface area contributed by atoms with Crippen LogP contribution in [0.5, 0.6) is 5.75 Å². The van der Waals surface area contributed by atoms with E-state index in [4.69, 9.17) is 4.74 Å². The Kier molecular flexibility index (Phi) is 6.35. The molecule has 1 aliphatic rings. The lowest BCUT2D eigenvalue weighted by molar-refractivity contribution is -0.137. The number of alkyl halides is 3. The summed E-state index contributed by atoms with van der Waals surface area (Å²) < 4.78 is 45.2. The summed E-state index contributed by atoms with van der Waals surface area (Å²) in [5, 5.41) is 2.67. The van der Waals surface area contributed by atoms with Gasteiger partial charge < -0.3 is 15.0 Å². The fraction of sp³-hybridized carbons (Fsp3) is 0.409. The van der Waals surface area contributed by atoms with E-state index < -0.39 is 17.6 Å². The molecular weight excluding hydrogens is 381 g/mol. The van der Waals surface area contributed by atoms with E-state index in [0.29, 0.717) is 17.0 Å². The standard InChI is InChI=1S/C22H25F3N2O2/c1-3-15(2)29-18-9-6-16(7-10-18)21(28)26-19-14-17(22(23,24)25)8-11-20(19)27-12-4-5-13-27/h6-11,14-15H,3-5,12-13H2,1-2H3,(H,26,28). The molecule has 1 fully saturated rings. The Bertz CT molecular complexity index is 844. The molecule has 1 aliphatic heterocycles. The van der Waals surface area contributed by atoms with Crippen molar-refractivity contribution < 1.29 is 22.7 Å². The van der Waals surface area contributed by atoms with Crippen LogP contribution in [0.2, 0.25) is 0 Å². The maximum Gasteiger partial charge on any atom is 0.416 e. The average Bonchev–Trinajstić information content (AvgIpc) is 3.22. The zero-order chi connectivity index (χ0) is 21.0. The quantitative estimate of drug-likeness (QED) is 0.666. The molecule has 0 aliphatic carbocycles. The third-order valence-corrected chi connectivity index (χ3v) is 5.05. The van der Waals surface area contributed by atoms with Crippen LogP contribution in [0.4, 0.5) is 24.5 Å². The smallest absolute Gasteiger partial charge is 0.416 e. The van der Waals surface area contributed by atoms with Crippen molar-refractivity contribution in [2.75, 3.05) is 23.3 Å². The number of nitrogens with one attached hydrogen (secondary N) is 1. The third-order valence-electron chi connectivity index (χ3n) is 5.05. The molecule has 3 rings (SSSR count). The molecule has 1 amide bonds. The van der Waals surface area contributed by atoms with Crippen LogP contribution in [0.15, 0.2) is 42.5 Å².